The van der Waals surface area contributed by atoms with Gasteiger partial charge in [0.15, 0.2) is 0 Å². The highest BCUT2D eigenvalue weighted by atomic mass is 127. The molecule has 0 aromatic heterocycles. The van der Waals surface area contributed by atoms with Crippen molar-refractivity contribution in [1.29, 1.82) is 0 Å². The van der Waals surface area contributed by atoms with Gasteiger partial charge in [-0.2, -0.15) is 0 Å². The number of nitrogens with one attached hydrogen (secondary N) is 1. The van der Waals surface area contributed by atoms with Crippen LogP contribution in [0.4, 0.5) is 5.69 Å². The number of aliphatic hydroxyl groups is 1. The van der Waals surface area contributed by atoms with E-state index in [0.29, 0.717) is 11.6 Å². The molecule has 2 N–H and O–H groups in total. The quantitative estimate of drug-likeness (QED) is 0.768. The van der Waals surface area contributed by atoms with Gasteiger partial charge in [0.2, 0.25) is 0 Å². The molecule has 2 aromatic rings. The van der Waals surface area contributed by atoms with Crippen LogP contribution in [0.25, 0.3) is 0 Å². The first-order valence-corrected chi connectivity index (χ1v) is 7.41. The van der Waals surface area contributed by atoms with Crippen molar-refractivity contribution in [2.75, 3.05) is 11.9 Å². The highest BCUT2D eigenvalue weighted by Gasteiger charge is 2.22. The Morgan fingerprint density at radius 3 is 2.53 bits per heavy atom. The summed E-state index contributed by atoms with van der Waals surface area (Å²) in [6.45, 7) is 2.24. The molecule has 2 nitrogen and oxygen atoms in total. The maximum atomic E-state index is 10.5. The number of rotatable bonds is 4. The second-order valence-electron chi connectivity index (χ2n) is 4.62. The number of hydrogen-bond donors (Lipinski definition) is 2. The summed E-state index contributed by atoms with van der Waals surface area (Å²) >= 11 is 8.14. The largest absolute Gasteiger partial charge is 0.384 e. The minimum atomic E-state index is -0.913. The molecule has 19 heavy (non-hydrogen) atoms. The third-order valence-corrected chi connectivity index (χ3v) is 4.08. The lowest BCUT2D eigenvalue weighted by Crippen LogP contribution is -2.30. The van der Waals surface area contributed by atoms with Crippen molar-refractivity contribution < 1.29 is 5.11 Å². The fraction of sp³-hybridized carbons (Fsp3) is 0.200. The van der Waals surface area contributed by atoms with Crippen LogP contribution in [0.1, 0.15) is 12.5 Å². The first-order chi connectivity index (χ1) is 8.99. The van der Waals surface area contributed by atoms with E-state index in [9.17, 15) is 5.11 Å². The lowest BCUT2D eigenvalue weighted by atomic mass is 9.96. The van der Waals surface area contributed by atoms with Gasteiger partial charge in [0, 0.05) is 20.8 Å². The van der Waals surface area contributed by atoms with Gasteiger partial charge in [-0.1, -0.05) is 41.9 Å². The molecule has 0 saturated heterocycles. The van der Waals surface area contributed by atoms with E-state index in [-0.39, 0.29) is 0 Å². The molecule has 0 amide bonds. The number of anilines is 1. The van der Waals surface area contributed by atoms with Crippen molar-refractivity contribution in [3.05, 3.63) is 62.7 Å². The van der Waals surface area contributed by atoms with E-state index in [1.165, 1.54) is 0 Å². The van der Waals surface area contributed by atoms with E-state index in [0.717, 1.165) is 14.8 Å². The molecule has 4 heteroatoms. The Balaban J connectivity index is 2.09. The van der Waals surface area contributed by atoms with Crippen LogP contribution in [0, 0.1) is 3.57 Å². The lowest BCUT2D eigenvalue weighted by molar-refractivity contribution is 0.0715. The molecule has 0 fully saturated rings. The summed E-state index contributed by atoms with van der Waals surface area (Å²) in [4.78, 5) is 0. The summed E-state index contributed by atoms with van der Waals surface area (Å²) in [6, 6.07) is 15.3. The minimum absolute atomic E-state index is 0.439. The van der Waals surface area contributed by atoms with Crippen molar-refractivity contribution in [3.8, 4) is 0 Å². The zero-order valence-electron chi connectivity index (χ0n) is 10.5. The van der Waals surface area contributed by atoms with Gasteiger partial charge in [0.1, 0.15) is 5.60 Å². The standard InChI is InChI=1S/C15H15ClINO/c1-15(19,11-5-3-2-4-6-11)10-18-14-8-7-12(16)9-13(14)17/h2-9,18-19H,10H2,1H3. The molecule has 0 aliphatic heterocycles. The second-order valence-corrected chi connectivity index (χ2v) is 6.22. The van der Waals surface area contributed by atoms with Crippen molar-refractivity contribution >= 4 is 39.9 Å². The molecule has 1 unspecified atom stereocenters. The molecule has 1 atom stereocenters. The van der Waals surface area contributed by atoms with Crippen LogP contribution in [0.5, 0.6) is 0 Å². The zero-order chi connectivity index (χ0) is 13.9. The van der Waals surface area contributed by atoms with E-state index >= 15 is 0 Å². The Labute approximate surface area is 131 Å². The van der Waals surface area contributed by atoms with Gasteiger partial charge in [-0.05, 0) is 53.3 Å². The summed E-state index contributed by atoms with van der Waals surface area (Å²) < 4.78 is 1.04. The van der Waals surface area contributed by atoms with Gasteiger partial charge < -0.3 is 10.4 Å². The van der Waals surface area contributed by atoms with Crippen molar-refractivity contribution in [1.82, 2.24) is 0 Å². The summed E-state index contributed by atoms with van der Waals surface area (Å²) in [5.74, 6) is 0. The Kier molecular flexibility index (Phi) is 4.71. The first kappa shape index (κ1) is 14.6. The van der Waals surface area contributed by atoms with E-state index < -0.39 is 5.60 Å². The molecule has 0 bridgehead atoms. The Hall–Kier alpha value is -0.780. The maximum absolute atomic E-state index is 10.5. The summed E-state index contributed by atoms with van der Waals surface area (Å²) in [6.07, 6.45) is 0. The second kappa shape index (κ2) is 6.11. The SMILES string of the molecule is CC(O)(CNc1ccc(Cl)cc1I)c1ccccc1. The number of benzene rings is 2. The molecular formula is C15H15ClINO. The highest BCUT2D eigenvalue weighted by molar-refractivity contribution is 14.1. The monoisotopic (exact) mass is 387 g/mol. The van der Waals surface area contributed by atoms with Crippen molar-refractivity contribution in [2.24, 2.45) is 0 Å². The zero-order valence-corrected chi connectivity index (χ0v) is 13.4. The van der Waals surface area contributed by atoms with Gasteiger partial charge in [-0.25, -0.2) is 0 Å². The van der Waals surface area contributed by atoms with Gasteiger partial charge in [0.05, 0.1) is 0 Å². The molecule has 0 radical (unpaired) electrons. The third-order valence-electron chi connectivity index (χ3n) is 2.95. The van der Waals surface area contributed by atoms with Gasteiger partial charge in [-0.15, -0.1) is 0 Å². The average Bonchev–Trinajstić information content (AvgIpc) is 2.39. The number of halogens is 2. The van der Waals surface area contributed by atoms with E-state index in [1.54, 1.807) is 6.92 Å². The average molecular weight is 388 g/mol. The van der Waals surface area contributed by atoms with Crippen LogP contribution in [-0.2, 0) is 5.60 Å². The van der Waals surface area contributed by atoms with Crippen LogP contribution in [0.3, 0.4) is 0 Å². The molecule has 0 heterocycles. The molecule has 0 spiro atoms. The normalized spacial score (nSPS) is 13.9. The van der Waals surface area contributed by atoms with Gasteiger partial charge in [0.25, 0.3) is 0 Å². The van der Waals surface area contributed by atoms with Gasteiger partial charge in [-0.3, -0.25) is 0 Å². The first-order valence-electron chi connectivity index (χ1n) is 5.96. The van der Waals surface area contributed by atoms with E-state index in [4.69, 9.17) is 11.6 Å². The molecule has 0 aliphatic carbocycles. The smallest absolute Gasteiger partial charge is 0.104 e. The molecule has 2 rings (SSSR count). The van der Waals surface area contributed by atoms with Crippen LogP contribution < -0.4 is 5.32 Å². The Bertz CT molecular complexity index is 557. The number of hydrogen-bond acceptors (Lipinski definition) is 2. The highest BCUT2D eigenvalue weighted by Crippen LogP contribution is 2.25. The minimum Gasteiger partial charge on any atom is -0.384 e. The van der Waals surface area contributed by atoms with Gasteiger partial charge >= 0.3 is 0 Å². The summed E-state index contributed by atoms with van der Waals surface area (Å²) in [5.41, 5.74) is 0.955. The Morgan fingerprint density at radius 1 is 1.21 bits per heavy atom. The van der Waals surface area contributed by atoms with Crippen LogP contribution in [0.15, 0.2) is 48.5 Å². The molecule has 0 aliphatic rings. The fourth-order valence-electron chi connectivity index (χ4n) is 1.80. The molecule has 0 saturated carbocycles. The summed E-state index contributed by atoms with van der Waals surface area (Å²) in [7, 11) is 0. The predicted molar refractivity (Wildman–Crippen MR) is 88.7 cm³/mol. The van der Waals surface area contributed by atoms with Crippen molar-refractivity contribution in [3.63, 3.8) is 0 Å². The maximum Gasteiger partial charge on any atom is 0.104 e. The van der Waals surface area contributed by atoms with E-state index in [1.807, 2.05) is 48.5 Å². The Morgan fingerprint density at radius 2 is 1.89 bits per heavy atom. The van der Waals surface area contributed by atoms with Crippen molar-refractivity contribution in [2.45, 2.75) is 12.5 Å². The molecular weight excluding hydrogens is 373 g/mol. The predicted octanol–water partition coefficient (Wildman–Crippen LogP) is 4.26. The molecule has 100 valence electrons. The topological polar surface area (TPSA) is 32.3 Å². The van der Waals surface area contributed by atoms with Crippen LogP contribution in [0.2, 0.25) is 5.02 Å². The third kappa shape index (κ3) is 3.84. The lowest BCUT2D eigenvalue weighted by Gasteiger charge is -2.25. The van der Waals surface area contributed by atoms with Crippen LogP contribution in [-0.4, -0.2) is 11.7 Å². The fourth-order valence-corrected chi connectivity index (χ4v) is 2.86. The van der Waals surface area contributed by atoms with Crippen LogP contribution >= 0.6 is 34.2 Å². The molecule has 2 aromatic carbocycles. The summed E-state index contributed by atoms with van der Waals surface area (Å²) in [5, 5.41) is 14.5. The van der Waals surface area contributed by atoms with E-state index in [2.05, 4.69) is 27.9 Å².